The molecule has 0 spiro atoms. The quantitative estimate of drug-likeness (QED) is 0.892. The van der Waals surface area contributed by atoms with Crippen molar-refractivity contribution in [1.29, 1.82) is 0 Å². The van der Waals surface area contributed by atoms with Gasteiger partial charge in [-0.2, -0.15) is 0 Å². The molecule has 136 valence electrons. The molecule has 2 heterocycles. The number of carbonyl (C=O) groups is 2. The Morgan fingerprint density at radius 3 is 2.36 bits per heavy atom. The summed E-state index contributed by atoms with van der Waals surface area (Å²) in [6.45, 7) is 10.9. The van der Waals surface area contributed by atoms with Gasteiger partial charge in [0.2, 0.25) is 0 Å². The highest BCUT2D eigenvalue weighted by molar-refractivity contribution is 5.90. The first-order chi connectivity index (χ1) is 11.5. The maximum absolute atomic E-state index is 12.6. The van der Waals surface area contributed by atoms with Crippen molar-refractivity contribution in [3.8, 4) is 0 Å². The molecule has 1 N–H and O–H groups in total. The van der Waals surface area contributed by atoms with E-state index in [0.29, 0.717) is 11.2 Å². The van der Waals surface area contributed by atoms with Gasteiger partial charge in [-0.15, -0.1) is 0 Å². The zero-order chi connectivity index (χ0) is 18.8. The van der Waals surface area contributed by atoms with E-state index in [-0.39, 0.29) is 6.54 Å². The standard InChI is InChI=1S/C18H25N3O4/c1-17(2,3)24-15(22)20-11-13-9-12-10-19-8-7-14(12)21(13)16(23)25-18(4,5)6/h7-10H,11H2,1-6H3,(H,20,22). The Labute approximate surface area is 147 Å². The molecule has 0 unspecified atom stereocenters. The predicted octanol–water partition coefficient (Wildman–Crippen LogP) is 3.84. The van der Waals surface area contributed by atoms with Crippen LogP contribution < -0.4 is 5.32 Å². The van der Waals surface area contributed by atoms with E-state index in [4.69, 9.17) is 9.47 Å². The summed E-state index contributed by atoms with van der Waals surface area (Å²) in [6.07, 6.45) is 2.21. The Balaban J connectivity index is 2.28. The fourth-order valence-corrected chi connectivity index (χ4v) is 2.24. The van der Waals surface area contributed by atoms with Gasteiger partial charge in [0.15, 0.2) is 0 Å². The van der Waals surface area contributed by atoms with Crippen LogP contribution in [0.3, 0.4) is 0 Å². The zero-order valence-electron chi connectivity index (χ0n) is 15.5. The van der Waals surface area contributed by atoms with Crippen LogP contribution in [0, 0.1) is 0 Å². The highest BCUT2D eigenvalue weighted by Gasteiger charge is 2.23. The van der Waals surface area contributed by atoms with E-state index in [1.807, 2.05) is 0 Å². The van der Waals surface area contributed by atoms with E-state index in [1.54, 1.807) is 66.1 Å². The van der Waals surface area contributed by atoms with Crippen LogP contribution in [0.4, 0.5) is 9.59 Å². The minimum absolute atomic E-state index is 0.128. The van der Waals surface area contributed by atoms with Crippen LogP contribution in [-0.2, 0) is 16.0 Å². The Morgan fingerprint density at radius 1 is 1.12 bits per heavy atom. The summed E-state index contributed by atoms with van der Waals surface area (Å²) in [6, 6.07) is 3.53. The average Bonchev–Trinajstić information content (AvgIpc) is 2.79. The maximum Gasteiger partial charge on any atom is 0.419 e. The van der Waals surface area contributed by atoms with Crippen LogP contribution in [0.25, 0.3) is 10.9 Å². The maximum atomic E-state index is 12.6. The Hall–Kier alpha value is -2.57. The number of nitrogens with one attached hydrogen (secondary N) is 1. The molecule has 0 bridgehead atoms. The van der Waals surface area contributed by atoms with Crippen LogP contribution >= 0.6 is 0 Å². The summed E-state index contributed by atoms with van der Waals surface area (Å²) >= 11 is 0. The van der Waals surface area contributed by atoms with Crippen molar-refractivity contribution in [3.05, 3.63) is 30.2 Å². The normalized spacial score (nSPS) is 12.1. The minimum atomic E-state index is -0.628. The van der Waals surface area contributed by atoms with Crippen LogP contribution in [0.1, 0.15) is 47.2 Å². The number of ether oxygens (including phenoxy) is 2. The monoisotopic (exact) mass is 347 g/mol. The van der Waals surface area contributed by atoms with Crippen molar-refractivity contribution in [2.24, 2.45) is 0 Å². The molecular weight excluding hydrogens is 322 g/mol. The van der Waals surface area contributed by atoms with Gasteiger partial charge in [0.25, 0.3) is 0 Å². The largest absolute Gasteiger partial charge is 0.444 e. The Bertz CT molecular complexity index is 782. The minimum Gasteiger partial charge on any atom is -0.444 e. The van der Waals surface area contributed by atoms with Gasteiger partial charge in [0.05, 0.1) is 12.1 Å². The second kappa shape index (κ2) is 6.74. The van der Waals surface area contributed by atoms with E-state index in [1.165, 1.54) is 4.57 Å². The Morgan fingerprint density at radius 2 is 1.76 bits per heavy atom. The molecule has 7 heteroatoms. The molecule has 0 aliphatic carbocycles. The van der Waals surface area contributed by atoms with Crippen LogP contribution in [-0.4, -0.2) is 32.9 Å². The van der Waals surface area contributed by atoms with Crippen molar-refractivity contribution in [2.75, 3.05) is 0 Å². The van der Waals surface area contributed by atoms with Gasteiger partial charge in [-0.25, -0.2) is 14.2 Å². The lowest BCUT2D eigenvalue weighted by Gasteiger charge is -2.22. The number of carbonyl (C=O) groups excluding carboxylic acids is 2. The topological polar surface area (TPSA) is 82.5 Å². The molecule has 2 aromatic rings. The number of aromatic nitrogens is 2. The smallest absolute Gasteiger partial charge is 0.419 e. The summed E-state index contributed by atoms with van der Waals surface area (Å²) in [5.41, 5.74) is 0.0379. The summed E-state index contributed by atoms with van der Waals surface area (Å²) in [7, 11) is 0. The van der Waals surface area contributed by atoms with E-state index in [2.05, 4.69) is 10.3 Å². The highest BCUT2D eigenvalue weighted by atomic mass is 16.6. The third-order valence-corrected chi connectivity index (χ3v) is 3.07. The summed E-state index contributed by atoms with van der Waals surface area (Å²) in [5, 5.41) is 3.45. The van der Waals surface area contributed by atoms with Crippen molar-refractivity contribution < 1.29 is 19.1 Å². The highest BCUT2D eigenvalue weighted by Crippen LogP contribution is 2.21. The Kier molecular flexibility index (Phi) is 5.06. The SMILES string of the molecule is CC(C)(C)OC(=O)NCc1cc2cnccc2n1C(=O)OC(C)(C)C. The van der Waals surface area contributed by atoms with Crippen molar-refractivity contribution >= 4 is 23.1 Å². The second-order valence-electron chi connectivity index (χ2n) is 7.74. The molecular formula is C18H25N3O4. The second-order valence-corrected chi connectivity index (χ2v) is 7.74. The first kappa shape index (κ1) is 18.8. The number of rotatable bonds is 2. The lowest BCUT2D eigenvalue weighted by molar-refractivity contribution is 0.0498. The molecule has 0 atom stereocenters. The average molecular weight is 347 g/mol. The van der Waals surface area contributed by atoms with E-state index in [9.17, 15) is 9.59 Å². The molecule has 0 aromatic carbocycles. The number of amides is 1. The van der Waals surface area contributed by atoms with Gasteiger partial charge in [-0.05, 0) is 53.7 Å². The zero-order valence-corrected chi connectivity index (χ0v) is 15.5. The lowest BCUT2D eigenvalue weighted by Crippen LogP contribution is -2.33. The molecule has 25 heavy (non-hydrogen) atoms. The molecule has 0 aliphatic rings. The first-order valence-electron chi connectivity index (χ1n) is 8.11. The number of pyridine rings is 1. The fraction of sp³-hybridized carbons (Fsp3) is 0.500. The van der Waals surface area contributed by atoms with Gasteiger partial charge < -0.3 is 14.8 Å². The van der Waals surface area contributed by atoms with Crippen molar-refractivity contribution in [1.82, 2.24) is 14.9 Å². The summed E-state index contributed by atoms with van der Waals surface area (Å²) in [5.74, 6) is 0. The van der Waals surface area contributed by atoms with Crippen LogP contribution in [0.2, 0.25) is 0 Å². The van der Waals surface area contributed by atoms with Gasteiger partial charge >= 0.3 is 12.2 Å². The van der Waals surface area contributed by atoms with E-state index >= 15 is 0 Å². The lowest BCUT2D eigenvalue weighted by atomic mass is 10.2. The third-order valence-electron chi connectivity index (χ3n) is 3.07. The van der Waals surface area contributed by atoms with E-state index in [0.717, 1.165) is 5.39 Å². The molecule has 0 saturated heterocycles. The number of alkyl carbamates (subject to hydrolysis) is 1. The molecule has 2 rings (SSSR count). The van der Waals surface area contributed by atoms with Crippen LogP contribution in [0.5, 0.6) is 0 Å². The first-order valence-corrected chi connectivity index (χ1v) is 8.11. The van der Waals surface area contributed by atoms with Gasteiger partial charge in [-0.3, -0.25) is 4.98 Å². The van der Waals surface area contributed by atoms with Gasteiger partial charge in [0.1, 0.15) is 11.2 Å². The molecule has 2 aromatic heterocycles. The number of nitrogens with zero attached hydrogens (tertiary/aromatic N) is 2. The molecule has 0 saturated carbocycles. The van der Waals surface area contributed by atoms with Crippen LogP contribution in [0.15, 0.2) is 24.5 Å². The summed E-state index contributed by atoms with van der Waals surface area (Å²) < 4.78 is 12.1. The molecule has 1 amide bonds. The van der Waals surface area contributed by atoms with E-state index < -0.39 is 23.4 Å². The number of hydrogen-bond donors (Lipinski definition) is 1. The van der Waals surface area contributed by atoms with Crippen molar-refractivity contribution in [3.63, 3.8) is 0 Å². The number of hydrogen-bond acceptors (Lipinski definition) is 5. The predicted molar refractivity (Wildman–Crippen MR) is 94.4 cm³/mol. The van der Waals surface area contributed by atoms with Crippen molar-refractivity contribution in [2.45, 2.75) is 59.3 Å². The number of fused-ring (bicyclic) bond motifs is 1. The molecule has 0 radical (unpaired) electrons. The van der Waals surface area contributed by atoms with Gasteiger partial charge in [0, 0.05) is 23.5 Å². The fourth-order valence-electron chi connectivity index (χ4n) is 2.24. The van der Waals surface area contributed by atoms with Gasteiger partial charge in [-0.1, -0.05) is 0 Å². The third kappa shape index (κ3) is 5.20. The summed E-state index contributed by atoms with van der Waals surface area (Å²) in [4.78, 5) is 28.6. The molecule has 0 fully saturated rings. The molecule has 0 aliphatic heterocycles. The molecule has 7 nitrogen and oxygen atoms in total.